The standard InChI is InChI=1S/C19H15F4NO3/c1-12(27-17(25)10-7-13-5-8-15(20)9-6-13)18(26)24-16-4-2-3-14(11-16)19(21,22)23/h2-12H,1H3,(H,24,26)/b10-7+/t12-/m1/s1. The van der Waals surface area contributed by atoms with Crippen molar-refractivity contribution in [2.75, 3.05) is 5.32 Å². The molecule has 1 atom stereocenters. The van der Waals surface area contributed by atoms with Crippen LogP contribution in [0.3, 0.4) is 0 Å². The monoisotopic (exact) mass is 381 g/mol. The lowest BCUT2D eigenvalue weighted by atomic mass is 10.2. The van der Waals surface area contributed by atoms with Crippen molar-refractivity contribution in [3.05, 3.63) is 71.6 Å². The van der Waals surface area contributed by atoms with Gasteiger partial charge in [0, 0.05) is 11.8 Å². The number of hydrogen-bond donors (Lipinski definition) is 1. The van der Waals surface area contributed by atoms with Crippen molar-refractivity contribution in [2.45, 2.75) is 19.2 Å². The number of amides is 1. The van der Waals surface area contributed by atoms with E-state index >= 15 is 0 Å². The number of esters is 1. The van der Waals surface area contributed by atoms with Gasteiger partial charge in [0.1, 0.15) is 5.82 Å². The third kappa shape index (κ3) is 6.25. The third-order valence-electron chi connectivity index (χ3n) is 3.40. The maximum atomic E-state index is 12.8. The molecule has 0 aliphatic heterocycles. The zero-order valence-corrected chi connectivity index (χ0v) is 14.1. The highest BCUT2D eigenvalue weighted by Gasteiger charge is 2.30. The summed E-state index contributed by atoms with van der Waals surface area (Å²) in [5.41, 5.74) is -0.429. The predicted molar refractivity (Wildman–Crippen MR) is 91.1 cm³/mol. The molecular formula is C19H15F4NO3. The van der Waals surface area contributed by atoms with Gasteiger partial charge in [0.05, 0.1) is 5.56 Å². The first-order valence-corrected chi connectivity index (χ1v) is 7.77. The molecule has 2 aromatic rings. The van der Waals surface area contributed by atoms with E-state index in [1.165, 1.54) is 43.3 Å². The van der Waals surface area contributed by atoms with E-state index in [-0.39, 0.29) is 5.69 Å². The topological polar surface area (TPSA) is 55.4 Å². The summed E-state index contributed by atoms with van der Waals surface area (Å²) in [7, 11) is 0. The highest BCUT2D eigenvalue weighted by molar-refractivity contribution is 5.96. The van der Waals surface area contributed by atoms with Crippen LogP contribution < -0.4 is 5.32 Å². The van der Waals surface area contributed by atoms with Gasteiger partial charge < -0.3 is 10.1 Å². The van der Waals surface area contributed by atoms with E-state index < -0.39 is 35.5 Å². The Morgan fingerprint density at radius 3 is 2.41 bits per heavy atom. The minimum atomic E-state index is -4.54. The second-order valence-corrected chi connectivity index (χ2v) is 5.53. The molecule has 4 nitrogen and oxygen atoms in total. The highest BCUT2D eigenvalue weighted by Crippen LogP contribution is 2.30. The molecule has 2 aromatic carbocycles. The largest absolute Gasteiger partial charge is 0.449 e. The van der Waals surface area contributed by atoms with Crippen molar-refractivity contribution in [2.24, 2.45) is 0 Å². The maximum Gasteiger partial charge on any atom is 0.416 e. The Morgan fingerprint density at radius 1 is 1.11 bits per heavy atom. The molecule has 0 aliphatic rings. The van der Waals surface area contributed by atoms with Crippen LogP contribution in [-0.2, 0) is 20.5 Å². The fraction of sp³-hybridized carbons (Fsp3) is 0.158. The van der Waals surface area contributed by atoms with Gasteiger partial charge in [-0.25, -0.2) is 9.18 Å². The van der Waals surface area contributed by atoms with Gasteiger partial charge in [0.15, 0.2) is 6.10 Å². The Morgan fingerprint density at radius 2 is 1.78 bits per heavy atom. The molecule has 0 bridgehead atoms. The molecule has 1 amide bonds. The number of halogens is 4. The third-order valence-corrected chi connectivity index (χ3v) is 3.40. The zero-order chi connectivity index (χ0) is 20.0. The molecule has 27 heavy (non-hydrogen) atoms. The average Bonchev–Trinajstić information content (AvgIpc) is 2.60. The Bertz CT molecular complexity index is 845. The highest BCUT2D eigenvalue weighted by atomic mass is 19.4. The second kappa shape index (κ2) is 8.48. The van der Waals surface area contributed by atoms with E-state index in [0.717, 1.165) is 24.3 Å². The van der Waals surface area contributed by atoms with Gasteiger partial charge in [-0.2, -0.15) is 13.2 Å². The van der Waals surface area contributed by atoms with E-state index in [1.54, 1.807) is 0 Å². The van der Waals surface area contributed by atoms with Crippen LogP contribution in [0.25, 0.3) is 6.08 Å². The molecule has 1 N–H and O–H groups in total. The van der Waals surface area contributed by atoms with Gasteiger partial charge in [-0.3, -0.25) is 4.79 Å². The van der Waals surface area contributed by atoms with Crippen LogP contribution in [0.15, 0.2) is 54.6 Å². The summed E-state index contributed by atoms with van der Waals surface area (Å²) in [4.78, 5) is 23.7. The van der Waals surface area contributed by atoms with Crippen LogP contribution in [0, 0.1) is 5.82 Å². The number of anilines is 1. The molecule has 0 saturated heterocycles. The summed E-state index contributed by atoms with van der Waals surface area (Å²) in [6.07, 6.45) is -3.34. The number of carbonyl (C=O) groups is 2. The van der Waals surface area contributed by atoms with Crippen molar-refractivity contribution in [1.29, 1.82) is 0 Å². The molecule has 2 rings (SSSR count). The van der Waals surface area contributed by atoms with Crippen LogP contribution in [-0.4, -0.2) is 18.0 Å². The van der Waals surface area contributed by atoms with Crippen molar-refractivity contribution >= 4 is 23.6 Å². The average molecular weight is 381 g/mol. The van der Waals surface area contributed by atoms with Crippen molar-refractivity contribution in [3.8, 4) is 0 Å². The Balaban J connectivity index is 1.93. The Kier molecular flexibility index (Phi) is 6.33. The summed E-state index contributed by atoms with van der Waals surface area (Å²) in [6.45, 7) is 1.28. The van der Waals surface area contributed by atoms with Gasteiger partial charge in [-0.15, -0.1) is 0 Å². The van der Waals surface area contributed by atoms with Crippen LogP contribution in [0.5, 0.6) is 0 Å². The van der Waals surface area contributed by atoms with Crippen LogP contribution in [0.2, 0.25) is 0 Å². The summed E-state index contributed by atoms with van der Waals surface area (Å²) < 4.78 is 55.7. The molecule has 8 heteroatoms. The molecule has 0 aliphatic carbocycles. The summed E-state index contributed by atoms with van der Waals surface area (Å²) in [6, 6.07) is 9.43. The lowest BCUT2D eigenvalue weighted by Gasteiger charge is -2.13. The van der Waals surface area contributed by atoms with Crippen molar-refractivity contribution in [1.82, 2.24) is 0 Å². The summed E-state index contributed by atoms with van der Waals surface area (Å²) in [5.74, 6) is -2.03. The second-order valence-electron chi connectivity index (χ2n) is 5.53. The number of nitrogens with one attached hydrogen (secondary N) is 1. The van der Waals surface area contributed by atoms with Gasteiger partial charge in [0.25, 0.3) is 5.91 Å². The predicted octanol–water partition coefficient (Wildman–Crippen LogP) is 4.43. The van der Waals surface area contributed by atoms with Gasteiger partial charge in [-0.1, -0.05) is 18.2 Å². The fourth-order valence-corrected chi connectivity index (χ4v) is 2.02. The van der Waals surface area contributed by atoms with Gasteiger partial charge in [0.2, 0.25) is 0 Å². The smallest absolute Gasteiger partial charge is 0.416 e. The van der Waals surface area contributed by atoms with Gasteiger partial charge in [-0.05, 0) is 48.9 Å². The number of alkyl halides is 3. The van der Waals surface area contributed by atoms with Crippen LogP contribution in [0.4, 0.5) is 23.2 Å². The molecule has 0 saturated carbocycles. The number of ether oxygens (including phenoxy) is 1. The zero-order valence-electron chi connectivity index (χ0n) is 14.1. The minimum absolute atomic E-state index is 0.0698. The van der Waals surface area contributed by atoms with Gasteiger partial charge >= 0.3 is 12.1 Å². The molecule has 0 unspecified atom stereocenters. The normalized spacial score (nSPS) is 12.6. The van der Waals surface area contributed by atoms with Crippen LogP contribution >= 0.6 is 0 Å². The molecule has 0 spiro atoms. The fourth-order valence-electron chi connectivity index (χ4n) is 2.02. The number of rotatable bonds is 5. The molecule has 0 heterocycles. The molecule has 0 fully saturated rings. The van der Waals surface area contributed by atoms with Crippen LogP contribution in [0.1, 0.15) is 18.1 Å². The number of benzene rings is 2. The minimum Gasteiger partial charge on any atom is -0.449 e. The number of carbonyl (C=O) groups excluding carboxylic acids is 2. The van der Waals surface area contributed by atoms with E-state index in [1.807, 2.05) is 0 Å². The molecule has 0 aromatic heterocycles. The molecule has 142 valence electrons. The van der Waals surface area contributed by atoms with E-state index in [4.69, 9.17) is 4.74 Å². The first kappa shape index (κ1) is 20.2. The van der Waals surface area contributed by atoms with Crippen molar-refractivity contribution in [3.63, 3.8) is 0 Å². The van der Waals surface area contributed by atoms with E-state index in [2.05, 4.69) is 5.32 Å². The Labute approximate surface area is 152 Å². The first-order valence-electron chi connectivity index (χ1n) is 7.77. The lowest BCUT2D eigenvalue weighted by Crippen LogP contribution is -2.29. The first-order chi connectivity index (χ1) is 12.6. The Hall–Kier alpha value is -3.16. The van der Waals surface area contributed by atoms with Crippen molar-refractivity contribution < 1.29 is 31.9 Å². The molecule has 0 radical (unpaired) electrons. The lowest BCUT2D eigenvalue weighted by molar-refractivity contribution is -0.148. The number of hydrogen-bond acceptors (Lipinski definition) is 3. The maximum absolute atomic E-state index is 12.8. The quantitative estimate of drug-likeness (QED) is 0.474. The summed E-state index contributed by atoms with van der Waals surface area (Å²) >= 11 is 0. The molecular weight excluding hydrogens is 366 g/mol. The SMILES string of the molecule is C[C@@H](OC(=O)/C=C/c1ccc(F)cc1)C(=O)Nc1cccc(C(F)(F)F)c1. The van der Waals surface area contributed by atoms with E-state index in [0.29, 0.717) is 5.56 Å². The van der Waals surface area contributed by atoms with E-state index in [9.17, 15) is 27.2 Å². The summed E-state index contributed by atoms with van der Waals surface area (Å²) in [5, 5.41) is 2.26.